The molecule has 0 fully saturated rings. The molecule has 1 atom stereocenters. The Bertz CT molecular complexity index is 1120. The highest BCUT2D eigenvalue weighted by molar-refractivity contribution is 6.05. The van der Waals surface area contributed by atoms with E-state index in [9.17, 15) is 14.7 Å². The number of carbonyl (C=O) groups is 2. The number of nitrogens with two attached hydrogens (primary N) is 1. The molecule has 0 aliphatic heterocycles. The van der Waals surface area contributed by atoms with E-state index in [1.165, 1.54) is 6.07 Å². The fourth-order valence-electron chi connectivity index (χ4n) is 3.97. The number of amides is 1. The van der Waals surface area contributed by atoms with Crippen LogP contribution >= 0.6 is 0 Å². The standard InChI is InChI=1S/C22H21N5O3/c1-27(22-25-10-8-18(26-22)14-3-2-9-24-12-14)15-6-4-13-5-7-16(21(29)30)19(20(23)28)17(13)11-15/h2-3,5,7-10,12,15H,4,6,11H2,1H3,(H2,23,28)(H,29,30). The summed E-state index contributed by atoms with van der Waals surface area (Å²) in [7, 11) is 1.91. The number of hydrogen-bond acceptors (Lipinski definition) is 6. The second-order valence-electron chi connectivity index (χ2n) is 7.29. The number of carbonyl (C=O) groups excluding carboxylic acids is 1. The van der Waals surface area contributed by atoms with Crippen molar-refractivity contribution in [1.82, 2.24) is 15.0 Å². The van der Waals surface area contributed by atoms with E-state index in [1.54, 1.807) is 24.7 Å². The van der Waals surface area contributed by atoms with E-state index in [0.29, 0.717) is 24.4 Å². The second-order valence-corrected chi connectivity index (χ2v) is 7.29. The molecule has 2 aromatic heterocycles. The molecule has 3 aromatic rings. The third kappa shape index (κ3) is 3.59. The van der Waals surface area contributed by atoms with Crippen LogP contribution in [0.25, 0.3) is 11.3 Å². The summed E-state index contributed by atoms with van der Waals surface area (Å²) in [5, 5.41) is 9.46. The lowest BCUT2D eigenvalue weighted by molar-refractivity contribution is 0.0691. The molecular formula is C22H21N5O3. The summed E-state index contributed by atoms with van der Waals surface area (Å²) >= 11 is 0. The van der Waals surface area contributed by atoms with Crippen molar-refractivity contribution in [2.24, 2.45) is 5.73 Å². The Labute approximate surface area is 173 Å². The number of fused-ring (bicyclic) bond motifs is 1. The molecule has 0 spiro atoms. The molecule has 1 amide bonds. The van der Waals surface area contributed by atoms with Crippen molar-refractivity contribution in [3.63, 3.8) is 0 Å². The molecular weight excluding hydrogens is 382 g/mol. The SMILES string of the molecule is CN(c1nccc(-c2cccnc2)n1)C1CCc2ccc(C(=O)O)c(C(N)=O)c2C1. The predicted molar refractivity (Wildman–Crippen MR) is 111 cm³/mol. The first-order chi connectivity index (χ1) is 14.5. The van der Waals surface area contributed by atoms with Gasteiger partial charge in [0, 0.05) is 37.2 Å². The van der Waals surface area contributed by atoms with Gasteiger partial charge in [0.25, 0.3) is 0 Å². The predicted octanol–water partition coefficient (Wildman–Crippen LogP) is 2.33. The van der Waals surface area contributed by atoms with Crippen LogP contribution in [0, 0.1) is 0 Å². The number of pyridine rings is 1. The molecule has 0 radical (unpaired) electrons. The van der Waals surface area contributed by atoms with Gasteiger partial charge in [0.1, 0.15) is 0 Å². The van der Waals surface area contributed by atoms with Gasteiger partial charge in [-0.2, -0.15) is 0 Å². The Morgan fingerprint density at radius 3 is 2.73 bits per heavy atom. The van der Waals surface area contributed by atoms with E-state index in [-0.39, 0.29) is 17.2 Å². The smallest absolute Gasteiger partial charge is 0.336 e. The van der Waals surface area contributed by atoms with E-state index < -0.39 is 11.9 Å². The van der Waals surface area contributed by atoms with E-state index in [2.05, 4.69) is 15.0 Å². The van der Waals surface area contributed by atoms with Crippen LogP contribution in [0.2, 0.25) is 0 Å². The summed E-state index contributed by atoms with van der Waals surface area (Å²) in [6.45, 7) is 0. The van der Waals surface area contributed by atoms with Gasteiger partial charge in [-0.3, -0.25) is 9.78 Å². The number of aromatic nitrogens is 3. The zero-order chi connectivity index (χ0) is 21.3. The average molecular weight is 403 g/mol. The summed E-state index contributed by atoms with van der Waals surface area (Å²) < 4.78 is 0. The van der Waals surface area contributed by atoms with Gasteiger partial charge in [-0.1, -0.05) is 6.07 Å². The van der Waals surface area contributed by atoms with E-state index in [0.717, 1.165) is 23.2 Å². The van der Waals surface area contributed by atoms with Crippen molar-refractivity contribution in [2.45, 2.75) is 25.3 Å². The van der Waals surface area contributed by atoms with Gasteiger partial charge in [-0.25, -0.2) is 14.8 Å². The fourth-order valence-corrected chi connectivity index (χ4v) is 3.97. The van der Waals surface area contributed by atoms with Gasteiger partial charge >= 0.3 is 5.97 Å². The number of likely N-dealkylation sites (N-methyl/N-ethyl adjacent to an activating group) is 1. The highest BCUT2D eigenvalue weighted by Crippen LogP contribution is 2.30. The molecule has 1 aromatic carbocycles. The second kappa shape index (κ2) is 7.90. The first-order valence-corrected chi connectivity index (χ1v) is 9.60. The van der Waals surface area contributed by atoms with Crippen LogP contribution in [0.1, 0.15) is 38.3 Å². The van der Waals surface area contributed by atoms with Crippen molar-refractivity contribution < 1.29 is 14.7 Å². The van der Waals surface area contributed by atoms with Crippen LogP contribution in [0.4, 0.5) is 5.95 Å². The summed E-state index contributed by atoms with van der Waals surface area (Å²) in [6, 6.07) is 8.86. The zero-order valence-corrected chi connectivity index (χ0v) is 16.4. The van der Waals surface area contributed by atoms with Crippen molar-refractivity contribution in [1.29, 1.82) is 0 Å². The van der Waals surface area contributed by atoms with Gasteiger partial charge in [-0.05, 0) is 54.7 Å². The van der Waals surface area contributed by atoms with Crippen LogP contribution < -0.4 is 10.6 Å². The lowest BCUT2D eigenvalue weighted by Gasteiger charge is -2.33. The number of primary amides is 1. The quantitative estimate of drug-likeness (QED) is 0.670. The average Bonchev–Trinajstić information content (AvgIpc) is 2.77. The number of carboxylic acids is 1. The molecule has 8 nitrogen and oxygen atoms in total. The molecule has 8 heteroatoms. The van der Waals surface area contributed by atoms with Crippen LogP contribution in [0.15, 0.2) is 48.9 Å². The molecule has 0 bridgehead atoms. The normalized spacial score (nSPS) is 15.3. The molecule has 0 saturated carbocycles. The lowest BCUT2D eigenvalue weighted by Crippen LogP contribution is -2.38. The van der Waals surface area contributed by atoms with Gasteiger partial charge in [0.15, 0.2) is 0 Å². The van der Waals surface area contributed by atoms with Crippen LogP contribution in [-0.4, -0.2) is 45.0 Å². The molecule has 2 heterocycles. The molecule has 30 heavy (non-hydrogen) atoms. The van der Waals surface area contributed by atoms with Gasteiger partial charge in [-0.15, -0.1) is 0 Å². The van der Waals surface area contributed by atoms with Crippen LogP contribution in [-0.2, 0) is 12.8 Å². The largest absolute Gasteiger partial charge is 0.478 e. The molecule has 3 N–H and O–H groups in total. The third-order valence-electron chi connectivity index (χ3n) is 5.54. The zero-order valence-electron chi connectivity index (χ0n) is 16.4. The molecule has 4 rings (SSSR count). The molecule has 0 saturated heterocycles. The Balaban J connectivity index is 1.66. The Kier molecular flexibility index (Phi) is 5.14. The first-order valence-electron chi connectivity index (χ1n) is 9.60. The van der Waals surface area contributed by atoms with E-state index in [1.807, 2.05) is 30.1 Å². The first kappa shape index (κ1) is 19.5. The lowest BCUT2D eigenvalue weighted by atomic mass is 9.82. The molecule has 1 aliphatic rings. The maximum Gasteiger partial charge on any atom is 0.336 e. The third-order valence-corrected chi connectivity index (χ3v) is 5.54. The number of rotatable bonds is 5. The number of nitrogens with zero attached hydrogens (tertiary/aromatic N) is 4. The summed E-state index contributed by atoms with van der Waals surface area (Å²) in [6.07, 6.45) is 7.19. The van der Waals surface area contributed by atoms with Gasteiger partial charge in [0.2, 0.25) is 11.9 Å². The summed E-state index contributed by atoms with van der Waals surface area (Å²) in [4.78, 5) is 38.8. The van der Waals surface area contributed by atoms with Crippen molar-refractivity contribution in [3.8, 4) is 11.3 Å². The number of hydrogen-bond donors (Lipinski definition) is 2. The summed E-state index contributed by atoms with van der Waals surface area (Å²) in [5.41, 5.74) is 8.92. The highest BCUT2D eigenvalue weighted by Gasteiger charge is 2.29. The van der Waals surface area contributed by atoms with Gasteiger partial charge < -0.3 is 15.7 Å². The highest BCUT2D eigenvalue weighted by atomic mass is 16.4. The van der Waals surface area contributed by atoms with Crippen LogP contribution in [0.3, 0.4) is 0 Å². The maximum atomic E-state index is 12.1. The van der Waals surface area contributed by atoms with E-state index >= 15 is 0 Å². The van der Waals surface area contributed by atoms with Gasteiger partial charge in [0.05, 0.1) is 16.8 Å². The monoisotopic (exact) mass is 403 g/mol. The molecule has 152 valence electrons. The number of anilines is 1. The summed E-state index contributed by atoms with van der Waals surface area (Å²) in [5.74, 6) is -1.32. The number of carboxylic acid groups (broad SMARTS) is 1. The maximum absolute atomic E-state index is 12.1. The van der Waals surface area contributed by atoms with Crippen molar-refractivity contribution in [3.05, 3.63) is 71.2 Å². The van der Waals surface area contributed by atoms with Crippen LogP contribution in [0.5, 0.6) is 0 Å². The van der Waals surface area contributed by atoms with Crippen molar-refractivity contribution >= 4 is 17.8 Å². The van der Waals surface area contributed by atoms with Crippen molar-refractivity contribution in [2.75, 3.05) is 11.9 Å². The Morgan fingerprint density at radius 2 is 2.03 bits per heavy atom. The fraction of sp³-hybridized carbons (Fsp3) is 0.227. The van der Waals surface area contributed by atoms with E-state index in [4.69, 9.17) is 5.73 Å². The minimum atomic E-state index is -1.16. The minimum Gasteiger partial charge on any atom is -0.478 e. The number of aromatic carboxylic acids is 1. The minimum absolute atomic E-state index is 0.00351. The number of aryl methyl sites for hydroxylation is 1. The Morgan fingerprint density at radius 1 is 1.20 bits per heavy atom. The molecule has 1 aliphatic carbocycles. The molecule has 1 unspecified atom stereocenters. The number of benzene rings is 1. The Hall–Kier alpha value is -3.81. The topological polar surface area (TPSA) is 122 Å².